The highest BCUT2D eigenvalue weighted by atomic mass is 32.2. The average Bonchev–Trinajstić information content (AvgIpc) is 2.44. The fourth-order valence-electron chi connectivity index (χ4n) is 1.50. The lowest BCUT2D eigenvalue weighted by Gasteiger charge is -2.22. The molecule has 0 radical (unpaired) electrons. The van der Waals surface area contributed by atoms with Crippen molar-refractivity contribution in [1.29, 1.82) is 0 Å². The lowest BCUT2D eigenvalue weighted by Crippen LogP contribution is -2.36. The quantitative estimate of drug-likeness (QED) is 0.620. The molecule has 0 spiro atoms. The molecular weight excluding hydrogens is 202 g/mol. The molecule has 0 aromatic carbocycles. The van der Waals surface area contributed by atoms with Crippen LogP contribution in [-0.4, -0.2) is 45.4 Å². The maximum Gasteiger partial charge on any atom is 0.290 e. The second-order valence-electron chi connectivity index (χ2n) is 3.59. The highest BCUT2D eigenvalue weighted by Gasteiger charge is 2.32. The number of rotatable bonds is 4. The molecule has 2 atom stereocenters. The van der Waals surface area contributed by atoms with Crippen LogP contribution in [-0.2, 0) is 20.4 Å². The van der Waals surface area contributed by atoms with Gasteiger partial charge in [-0.05, 0) is 13.3 Å². The van der Waals surface area contributed by atoms with Gasteiger partial charge in [-0.2, -0.15) is 0 Å². The van der Waals surface area contributed by atoms with Gasteiger partial charge in [-0.1, -0.05) is 0 Å². The zero-order chi connectivity index (χ0) is 10.7. The van der Waals surface area contributed by atoms with Crippen LogP contribution in [0.4, 0.5) is 0 Å². The second kappa shape index (κ2) is 4.68. The molecule has 0 bridgehead atoms. The van der Waals surface area contributed by atoms with Crippen molar-refractivity contribution in [3.63, 3.8) is 0 Å². The van der Waals surface area contributed by atoms with Gasteiger partial charge in [-0.15, -0.1) is 0 Å². The maximum atomic E-state index is 11.3. The summed E-state index contributed by atoms with van der Waals surface area (Å²) in [4.78, 5) is 23.8. The molecule has 2 unspecified atom stereocenters. The van der Waals surface area contributed by atoms with Crippen LogP contribution in [0.5, 0.6) is 0 Å². The van der Waals surface area contributed by atoms with Gasteiger partial charge in [-0.25, -0.2) is 0 Å². The summed E-state index contributed by atoms with van der Waals surface area (Å²) in [5.41, 5.74) is 0. The molecule has 1 amide bonds. The van der Waals surface area contributed by atoms with E-state index in [0.717, 1.165) is 0 Å². The molecule has 1 heterocycles. The summed E-state index contributed by atoms with van der Waals surface area (Å²) < 4.78 is 10.8. The third-order valence-corrected chi connectivity index (χ3v) is 3.24. The third-order valence-electron chi connectivity index (χ3n) is 2.43. The van der Waals surface area contributed by atoms with Gasteiger partial charge in [0.15, 0.2) is 0 Å². The SMILES string of the molecule is CC(CCS(C)=O)N1CCC(=O)C1=O. The summed E-state index contributed by atoms with van der Waals surface area (Å²) in [5.74, 6) is -0.0899. The third kappa shape index (κ3) is 2.64. The van der Waals surface area contributed by atoms with Crippen molar-refractivity contribution in [3.8, 4) is 0 Å². The molecule has 80 valence electrons. The molecule has 0 aliphatic carbocycles. The molecule has 4 nitrogen and oxygen atoms in total. The molecule has 1 saturated heterocycles. The predicted molar refractivity (Wildman–Crippen MR) is 54.3 cm³/mol. The number of Topliss-reactive ketones (excluding diaryl/α,β-unsaturated/α-hetero) is 1. The van der Waals surface area contributed by atoms with E-state index in [1.807, 2.05) is 6.92 Å². The number of hydrogen-bond donors (Lipinski definition) is 0. The molecule has 0 saturated carbocycles. The first kappa shape index (κ1) is 11.4. The summed E-state index contributed by atoms with van der Waals surface area (Å²) in [5, 5.41) is 0. The van der Waals surface area contributed by atoms with E-state index in [4.69, 9.17) is 0 Å². The van der Waals surface area contributed by atoms with Gasteiger partial charge in [0, 0.05) is 41.8 Å². The molecule has 14 heavy (non-hydrogen) atoms. The van der Waals surface area contributed by atoms with E-state index in [-0.39, 0.29) is 17.7 Å². The van der Waals surface area contributed by atoms with E-state index in [0.29, 0.717) is 25.1 Å². The van der Waals surface area contributed by atoms with Crippen molar-refractivity contribution in [2.45, 2.75) is 25.8 Å². The van der Waals surface area contributed by atoms with Gasteiger partial charge in [0.2, 0.25) is 5.78 Å². The Labute approximate surface area is 86.1 Å². The van der Waals surface area contributed by atoms with Gasteiger partial charge in [0.05, 0.1) is 0 Å². The van der Waals surface area contributed by atoms with E-state index < -0.39 is 10.8 Å². The Bertz CT molecular complexity index is 277. The normalized spacial score (nSPS) is 21.4. The first-order chi connectivity index (χ1) is 6.52. The van der Waals surface area contributed by atoms with Crippen molar-refractivity contribution in [2.24, 2.45) is 0 Å². The van der Waals surface area contributed by atoms with Crippen molar-refractivity contribution in [1.82, 2.24) is 4.90 Å². The number of hydrogen-bond acceptors (Lipinski definition) is 3. The minimum Gasteiger partial charge on any atom is -0.333 e. The number of carbonyl (C=O) groups is 2. The monoisotopic (exact) mass is 217 g/mol. The van der Waals surface area contributed by atoms with Gasteiger partial charge in [0.1, 0.15) is 0 Å². The lowest BCUT2D eigenvalue weighted by atomic mass is 10.2. The summed E-state index contributed by atoms with van der Waals surface area (Å²) >= 11 is 0. The average molecular weight is 217 g/mol. The van der Waals surface area contributed by atoms with Crippen LogP contribution in [0.3, 0.4) is 0 Å². The Kier molecular flexibility index (Phi) is 3.80. The number of ketones is 1. The molecule has 0 N–H and O–H groups in total. The van der Waals surface area contributed by atoms with Crippen molar-refractivity contribution in [3.05, 3.63) is 0 Å². The molecule has 1 fully saturated rings. The zero-order valence-electron chi connectivity index (χ0n) is 8.49. The first-order valence-electron chi connectivity index (χ1n) is 4.66. The Balaban J connectivity index is 2.45. The topological polar surface area (TPSA) is 54.5 Å². The van der Waals surface area contributed by atoms with Crippen LogP contribution >= 0.6 is 0 Å². The van der Waals surface area contributed by atoms with Gasteiger partial charge in [-0.3, -0.25) is 13.8 Å². The molecular formula is C9H15NO3S. The van der Waals surface area contributed by atoms with E-state index in [9.17, 15) is 13.8 Å². The number of nitrogens with zero attached hydrogens (tertiary/aromatic N) is 1. The smallest absolute Gasteiger partial charge is 0.290 e. The number of amides is 1. The van der Waals surface area contributed by atoms with Crippen molar-refractivity contribution < 1.29 is 13.8 Å². The summed E-state index contributed by atoms with van der Waals surface area (Å²) in [7, 11) is -0.829. The van der Waals surface area contributed by atoms with Gasteiger partial charge < -0.3 is 4.90 Å². The fraction of sp³-hybridized carbons (Fsp3) is 0.778. The summed E-state index contributed by atoms with van der Waals surface area (Å²) in [6, 6.07) is 0.0258. The highest BCUT2D eigenvalue weighted by Crippen LogP contribution is 2.13. The molecule has 0 aromatic rings. The van der Waals surface area contributed by atoms with Crippen LogP contribution in [0.2, 0.25) is 0 Å². The Hall–Kier alpha value is -0.710. The van der Waals surface area contributed by atoms with Crippen LogP contribution in [0, 0.1) is 0 Å². The van der Waals surface area contributed by atoms with E-state index in [2.05, 4.69) is 0 Å². The minimum absolute atomic E-state index is 0.0258. The van der Waals surface area contributed by atoms with Gasteiger partial charge >= 0.3 is 0 Å². The van der Waals surface area contributed by atoms with Crippen LogP contribution in [0.25, 0.3) is 0 Å². The highest BCUT2D eigenvalue weighted by molar-refractivity contribution is 7.84. The maximum absolute atomic E-state index is 11.3. The molecule has 5 heteroatoms. The van der Waals surface area contributed by atoms with Crippen molar-refractivity contribution in [2.75, 3.05) is 18.6 Å². The van der Waals surface area contributed by atoms with Crippen molar-refractivity contribution >= 4 is 22.5 Å². The summed E-state index contributed by atoms with van der Waals surface area (Å²) in [6.45, 7) is 2.42. The molecule has 1 aliphatic rings. The Morgan fingerprint density at radius 2 is 2.14 bits per heavy atom. The number of likely N-dealkylation sites (tertiary alicyclic amines) is 1. The molecule has 0 aromatic heterocycles. The number of carbonyl (C=O) groups excluding carboxylic acids is 2. The Morgan fingerprint density at radius 3 is 2.57 bits per heavy atom. The van der Waals surface area contributed by atoms with E-state index in [1.165, 1.54) is 0 Å². The lowest BCUT2D eigenvalue weighted by molar-refractivity contribution is -0.141. The minimum atomic E-state index is -0.829. The second-order valence-corrected chi connectivity index (χ2v) is 5.14. The van der Waals surface area contributed by atoms with Crippen LogP contribution in [0.15, 0.2) is 0 Å². The van der Waals surface area contributed by atoms with E-state index in [1.54, 1.807) is 11.2 Å². The van der Waals surface area contributed by atoms with Gasteiger partial charge in [0.25, 0.3) is 5.91 Å². The van der Waals surface area contributed by atoms with E-state index >= 15 is 0 Å². The first-order valence-corrected chi connectivity index (χ1v) is 6.39. The Morgan fingerprint density at radius 1 is 1.50 bits per heavy atom. The predicted octanol–water partition coefficient (Wildman–Crippen LogP) is -0.0551. The van der Waals surface area contributed by atoms with Crippen LogP contribution < -0.4 is 0 Å². The molecule has 1 aliphatic heterocycles. The molecule has 1 rings (SSSR count). The standard InChI is InChI=1S/C9H15NO3S/c1-7(4-6-14(2)13)10-5-3-8(11)9(10)12/h7H,3-6H2,1-2H3. The van der Waals surface area contributed by atoms with Crippen LogP contribution in [0.1, 0.15) is 19.8 Å². The zero-order valence-corrected chi connectivity index (χ0v) is 9.30. The fourth-order valence-corrected chi connectivity index (χ4v) is 2.18. The largest absolute Gasteiger partial charge is 0.333 e. The summed E-state index contributed by atoms with van der Waals surface area (Å²) in [6.07, 6.45) is 2.67.